The van der Waals surface area contributed by atoms with Crippen molar-refractivity contribution < 1.29 is 39.6 Å². The van der Waals surface area contributed by atoms with Crippen LogP contribution >= 0.6 is 11.6 Å². The largest absolute Gasteiger partial charge is 0.508 e. The first-order chi connectivity index (χ1) is 19.4. The number of fused-ring (bicyclic) bond motifs is 3. The highest BCUT2D eigenvalue weighted by Crippen LogP contribution is 2.53. The molecule has 4 atom stereocenters. The summed E-state index contributed by atoms with van der Waals surface area (Å²) in [5, 5.41) is 48.1. The minimum Gasteiger partial charge on any atom is -0.508 e. The van der Waals surface area contributed by atoms with Gasteiger partial charge < -0.3 is 31.5 Å². The van der Waals surface area contributed by atoms with Gasteiger partial charge in [-0.2, -0.15) is 0 Å². The third kappa shape index (κ3) is 4.53. The van der Waals surface area contributed by atoms with Crippen LogP contribution in [0, 0.1) is 11.8 Å². The van der Waals surface area contributed by atoms with Gasteiger partial charge >= 0.3 is 0 Å². The molecule has 7 N–H and O–H groups in total. The fourth-order valence-electron chi connectivity index (χ4n) is 6.50. The summed E-state index contributed by atoms with van der Waals surface area (Å²) in [5.74, 6) is -7.32. The first-order valence-electron chi connectivity index (χ1n) is 13.5. The normalized spacial score (nSPS) is 26.0. The number of ketones is 3. The standard InChI is InChI=1S/C29H37ClN4O8/c1-28(2,17(36)10-32-3)34(6)11-13-9-16(35)19-14(21(13)30)7-12-8-15-22(33(4)5)24(38)20(27(31)41)26(40)29(15,42)25(39)18(12)23(19)37/h9,12,15,22,32,35,37,40,42H,7-8,10-11H2,1-6H3,(H2,31,41)/t12-,15-,22-,29-/m0/s1. The molecular weight excluding hydrogens is 568 g/mol. The molecule has 1 amide bonds. The number of rotatable bonds is 8. The summed E-state index contributed by atoms with van der Waals surface area (Å²) in [6.45, 7) is 3.88. The van der Waals surface area contributed by atoms with E-state index in [0.29, 0.717) is 11.1 Å². The lowest BCUT2D eigenvalue weighted by Gasteiger charge is -2.50. The Morgan fingerprint density at radius 3 is 2.36 bits per heavy atom. The lowest BCUT2D eigenvalue weighted by atomic mass is 9.57. The molecular formula is C29H37ClN4O8. The summed E-state index contributed by atoms with van der Waals surface area (Å²) in [6.07, 6.45) is 0.0269. The second kappa shape index (κ2) is 10.8. The molecule has 0 unspecified atom stereocenters. The number of nitrogens with one attached hydrogen (secondary N) is 1. The van der Waals surface area contributed by atoms with Gasteiger partial charge in [0, 0.05) is 23.1 Å². The van der Waals surface area contributed by atoms with E-state index in [4.69, 9.17) is 17.3 Å². The van der Waals surface area contributed by atoms with E-state index >= 15 is 0 Å². The van der Waals surface area contributed by atoms with Crippen LogP contribution in [0.15, 0.2) is 23.0 Å². The predicted octanol–water partition coefficient (Wildman–Crippen LogP) is 0.616. The Morgan fingerprint density at radius 1 is 1.19 bits per heavy atom. The monoisotopic (exact) mass is 604 g/mol. The van der Waals surface area contributed by atoms with Gasteiger partial charge in [0.1, 0.15) is 22.8 Å². The molecule has 3 aliphatic carbocycles. The topological polar surface area (TPSA) is 194 Å². The van der Waals surface area contributed by atoms with Gasteiger partial charge in [0.05, 0.1) is 23.7 Å². The molecule has 12 nitrogen and oxygen atoms in total. The first-order valence-corrected chi connectivity index (χ1v) is 13.9. The van der Waals surface area contributed by atoms with Gasteiger partial charge in [0.25, 0.3) is 5.91 Å². The summed E-state index contributed by atoms with van der Waals surface area (Å²) < 4.78 is 0. The van der Waals surface area contributed by atoms with Crippen molar-refractivity contribution in [1.29, 1.82) is 0 Å². The Balaban J connectivity index is 1.84. The summed E-state index contributed by atoms with van der Waals surface area (Å²) in [7, 11) is 6.50. The SMILES string of the molecule is CNCC(=O)C(C)(C)N(C)Cc1cc(O)c2c(c1Cl)C[C@H]1C[C@H]3[C@H](N(C)C)C(=O)C(C(N)=O)=C(O)[C@@]3(O)C(=O)C1=C2O. The van der Waals surface area contributed by atoms with Crippen molar-refractivity contribution >= 4 is 40.6 Å². The van der Waals surface area contributed by atoms with Crippen LogP contribution in [0.3, 0.4) is 0 Å². The number of phenolic OH excluding ortho intramolecular Hbond substituents is 1. The van der Waals surface area contributed by atoms with Crippen molar-refractivity contribution in [3.8, 4) is 5.75 Å². The smallest absolute Gasteiger partial charge is 0.255 e. The second-order valence-corrected chi connectivity index (χ2v) is 12.4. The number of nitrogens with zero attached hydrogens (tertiary/aromatic N) is 2. The lowest BCUT2D eigenvalue weighted by Crippen LogP contribution is -2.65. The highest BCUT2D eigenvalue weighted by Gasteiger charge is 2.64. The number of hydrogen-bond donors (Lipinski definition) is 6. The average molecular weight is 605 g/mol. The van der Waals surface area contributed by atoms with Crippen molar-refractivity contribution in [3.63, 3.8) is 0 Å². The molecule has 3 aliphatic rings. The van der Waals surface area contributed by atoms with Crippen LogP contribution < -0.4 is 11.1 Å². The number of likely N-dealkylation sites (N-methyl/N-ethyl adjacent to an activating group) is 3. The van der Waals surface area contributed by atoms with Gasteiger partial charge in [-0.05, 0) is 78.0 Å². The van der Waals surface area contributed by atoms with Crippen LogP contribution in [-0.4, -0.2) is 105 Å². The van der Waals surface area contributed by atoms with Crippen molar-refractivity contribution in [3.05, 3.63) is 44.7 Å². The maximum Gasteiger partial charge on any atom is 0.255 e. The number of hydrogen-bond acceptors (Lipinski definition) is 11. The number of carbonyl (C=O) groups excluding carboxylic acids is 4. The van der Waals surface area contributed by atoms with Gasteiger partial charge in [-0.1, -0.05) is 11.6 Å². The number of phenols is 1. The molecule has 1 aromatic rings. The molecule has 0 aliphatic heterocycles. The van der Waals surface area contributed by atoms with Gasteiger partial charge in [-0.3, -0.25) is 29.0 Å². The predicted molar refractivity (Wildman–Crippen MR) is 154 cm³/mol. The minimum absolute atomic E-state index is 0.0431. The van der Waals surface area contributed by atoms with Crippen molar-refractivity contribution in [1.82, 2.24) is 15.1 Å². The van der Waals surface area contributed by atoms with Gasteiger partial charge in [-0.15, -0.1) is 0 Å². The van der Waals surface area contributed by atoms with E-state index in [1.54, 1.807) is 32.8 Å². The fraction of sp³-hybridized carbons (Fsp3) is 0.517. The minimum atomic E-state index is -2.71. The molecule has 4 rings (SSSR count). The van der Waals surface area contributed by atoms with Gasteiger partial charge in [0.15, 0.2) is 17.2 Å². The number of aliphatic hydroxyl groups is 3. The molecule has 1 aromatic carbocycles. The van der Waals surface area contributed by atoms with Crippen molar-refractivity contribution in [2.24, 2.45) is 17.6 Å². The molecule has 42 heavy (non-hydrogen) atoms. The van der Waals surface area contributed by atoms with Crippen LogP contribution in [-0.2, 0) is 32.1 Å². The molecule has 0 spiro atoms. The summed E-state index contributed by atoms with van der Waals surface area (Å²) in [4.78, 5) is 55.2. The molecule has 13 heteroatoms. The Bertz CT molecular complexity index is 1470. The average Bonchev–Trinajstić information content (AvgIpc) is 2.88. The molecule has 0 saturated heterocycles. The van der Waals surface area contributed by atoms with Crippen LogP contribution in [0.25, 0.3) is 5.76 Å². The summed E-state index contributed by atoms with van der Waals surface area (Å²) in [5.41, 5.74) is 1.41. The third-order valence-electron chi connectivity index (χ3n) is 9.11. The van der Waals surface area contributed by atoms with Crippen LogP contribution in [0.4, 0.5) is 0 Å². The lowest BCUT2D eigenvalue weighted by molar-refractivity contribution is -0.153. The van der Waals surface area contributed by atoms with Crippen LogP contribution in [0.1, 0.15) is 37.0 Å². The zero-order valence-electron chi connectivity index (χ0n) is 24.4. The number of primary amides is 1. The van der Waals surface area contributed by atoms with E-state index in [9.17, 15) is 39.6 Å². The summed E-state index contributed by atoms with van der Waals surface area (Å²) >= 11 is 6.85. The second-order valence-electron chi connectivity index (χ2n) is 12.1. The maximum atomic E-state index is 13.9. The fourth-order valence-corrected chi connectivity index (χ4v) is 6.79. The zero-order chi connectivity index (χ0) is 31.6. The van der Waals surface area contributed by atoms with E-state index in [1.807, 2.05) is 0 Å². The first kappa shape index (κ1) is 31.6. The maximum absolute atomic E-state index is 13.9. The third-order valence-corrected chi connectivity index (χ3v) is 9.58. The molecule has 1 saturated carbocycles. The number of aliphatic hydroxyl groups excluding tert-OH is 2. The number of amides is 1. The Hall–Kier alpha value is -3.29. The number of benzene rings is 1. The zero-order valence-corrected chi connectivity index (χ0v) is 25.2. The van der Waals surface area contributed by atoms with E-state index in [2.05, 4.69) is 5.32 Å². The molecule has 0 heterocycles. The number of aromatic hydroxyl groups is 1. The molecule has 1 fully saturated rings. The van der Waals surface area contributed by atoms with E-state index in [-0.39, 0.29) is 53.6 Å². The Labute approximate surface area is 248 Å². The molecule has 0 radical (unpaired) electrons. The van der Waals surface area contributed by atoms with Gasteiger partial charge in [-0.25, -0.2) is 0 Å². The highest BCUT2D eigenvalue weighted by atomic mass is 35.5. The Morgan fingerprint density at radius 2 is 1.81 bits per heavy atom. The number of Topliss-reactive ketones (excluding diaryl/α,β-unsaturated/α-hetero) is 3. The number of carbonyl (C=O) groups is 4. The Kier molecular flexibility index (Phi) is 8.11. The van der Waals surface area contributed by atoms with E-state index in [0.717, 1.165) is 0 Å². The van der Waals surface area contributed by atoms with Crippen LogP contribution in [0.2, 0.25) is 5.02 Å². The summed E-state index contributed by atoms with van der Waals surface area (Å²) in [6, 6.07) is 0.172. The number of halogens is 1. The van der Waals surface area contributed by atoms with E-state index in [1.165, 1.54) is 25.1 Å². The van der Waals surface area contributed by atoms with Crippen LogP contribution in [0.5, 0.6) is 5.75 Å². The van der Waals surface area contributed by atoms with Crippen molar-refractivity contribution in [2.45, 2.75) is 50.4 Å². The molecule has 0 bridgehead atoms. The van der Waals surface area contributed by atoms with Gasteiger partial charge in [0.2, 0.25) is 5.78 Å². The number of nitrogens with two attached hydrogens (primary N) is 1. The highest BCUT2D eigenvalue weighted by molar-refractivity contribution is 6.32. The molecule has 0 aromatic heterocycles. The van der Waals surface area contributed by atoms with E-state index < -0.39 is 63.6 Å². The molecule has 228 valence electrons. The van der Waals surface area contributed by atoms with Crippen molar-refractivity contribution in [2.75, 3.05) is 34.7 Å². The quantitative estimate of drug-likeness (QED) is 0.228.